The molecular weight excluding hydrogens is 275 g/mol. The molecule has 1 unspecified atom stereocenters. The Balaban J connectivity index is 2.60. The molecule has 1 aromatic rings. The molecule has 0 aliphatic heterocycles. The Labute approximate surface area is 124 Å². The molecule has 0 saturated carbocycles. The lowest BCUT2D eigenvalue weighted by atomic mass is 9.86. The van der Waals surface area contributed by atoms with Crippen molar-refractivity contribution in [2.75, 3.05) is 6.54 Å². The number of hydrogen-bond donors (Lipinski definition) is 2. The van der Waals surface area contributed by atoms with Gasteiger partial charge in [-0.3, -0.25) is 4.79 Å². The van der Waals surface area contributed by atoms with Crippen molar-refractivity contribution in [1.29, 1.82) is 0 Å². The van der Waals surface area contributed by atoms with E-state index in [9.17, 15) is 9.18 Å². The lowest BCUT2D eigenvalue weighted by Crippen LogP contribution is -2.47. The number of hydrogen-bond acceptors (Lipinski definition) is 2. The Bertz CT molecular complexity index is 519. The molecule has 3 N–H and O–H groups in total. The second-order valence-corrected chi connectivity index (χ2v) is 5.57. The highest BCUT2D eigenvalue weighted by molar-refractivity contribution is 7.80. The van der Waals surface area contributed by atoms with Crippen molar-refractivity contribution in [2.45, 2.75) is 33.6 Å². The Hall–Kier alpha value is -1.49. The average molecular weight is 296 g/mol. The summed E-state index contributed by atoms with van der Waals surface area (Å²) < 4.78 is 13.0. The third-order valence-corrected chi connectivity index (χ3v) is 4.19. The number of halogens is 1. The van der Waals surface area contributed by atoms with Gasteiger partial charge in [0.25, 0.3) is 0 Å². The summed E-state index contributed by atoms with van der Waals surface area (Å²) in [4.78, 5) is 12.3. The molecule has 0 radical (unpaired) electrons. The lowest BCUT2D eigenvalue weighted by molar-refractivity contribution is -0.126. The van der Waals surface area contributed by atoms with Crippen molar-refractivity contribution >= 4 is 23.1 Å². The van der Waals surface area contributed by atoms with Crippen molar-refractivity contribution in [1.82, 2.24) is 5.32 Å². The summed E-state index contributed by atoms with van der Waals surface area (Å²) in [5.74, 6) is -0.408. The number of rotatable bonds is 6. The van der Waals surface area contributed by atoms with Gasteiger partial charge in [-0.1, -0.05) is 25.2 Å². The Kier molecular flexibility index (Phi) is 5.62. The predicted octanol–water partition coefficient (Wildman–Crippen LogP) is 2.50. The van der Waals surface area contributed by atoms with E-state index in [-0.39, 0.29) is 16.7 Å². The highest BCUT2D eigenvalue weighted by atomic mass is 32.1. The zero-order valence-corrected chi connectivity index (χ0v) is 12.9. The molecule has 1 atom stereocenters. The number of aryl methyl sites for hydroxylation is 1. The summed E-state index contributed by atoms with van der Waals surface area (Å²) in [5, 5.41) is 2.85. The first-order valence-corrected chi connectivity index (χ1v) is 7.05. The van der Waals surface area contributed by atoms with Crippen LogP contribution in [0.1, 0.15) is 31.4 Å². The maximum Gasteiger partial charge on any atom is 0.232 e. The van der Waals surface area contributed by atoms with E-state index in [1.54, 1.807) is 13.0 Å². The number of benzene rings is 1. The number of amides is 1. The summed E-state index contributed by atoms with van der Waals surface area (Å²) in [6.45, 7) is 5.95. The smallest absolute Gasteiger partial charge is 0.232 e. The zero-order valence-electron chi connectivity index (χ0n) is 12.1. The fourth-order valence-electron chi connectivity index (χ4n) is 1.89. The summed E-state index contributed by atoms with van der Waals surface area (Å²) in [6.07, 6.45) is 1.21. The monoisotopic (exact) mass is 296 g/mol. The lowest BCUT2D eigenvalue weighted by Gasteiger charge is -2.25. The summed E-state index contributed by atoms with van der Waals surface area (Å²) in [5.41, 5.74) is 6.72. The van der Waals surface area contributed by atoms with Gasteiger partial charge in [-0.15, -0.1) is 0 Å². The summed E-state index contributed by atoms with van der Waals surface area (Å²) in [7, 11) is 0. The van der Waals surface area contributed by atoms with Gasteiger partial charge in [0.1, 0.15) is 5.82 Å². The van der Waals surface area contributed by atoms with Crippen molar-refractivity contribution in [3.63, 3.8) is 0 Å². The van der Waals surface area contributed by atoms with E-state index in [1.165, 1.54) is 12.1 Å². The van der Waals surface area contributed by atoms with Crippen molar-refractivity contribution < 1.29 is 9.18 Å². The van der Waals surface area contributed by atoms with Crippen molar-refractivity contribution in [3.8, 4) is 0 Å². The van der Waals surface area contributed by atoms with Crippen LogP contribution in [0.3, 0.4) is 0 Å². The van der Waals surface area contributed by atoms with E-state index >= 15 is 0 Å². The molecule has 0 saturated heterocycles. The minimum absolute atomic E-state index is 0.160. The van der Waals surface area contributed by atoms with E-state index < -0.39 is 5.41 Å². The van der Waals surface area contributed by atoms with Crippen LogP contribution in [0.4, 0.5) is 4.39 Å². The predicted molar refractivity (Wildman–Crippen MR) is 83.0 cm³/mol. The van der Waals surface area contributed by atoms with Crippen LogP contribution in [0.25, 0.3) is 0 Å². The Morgan fingerprint density at radius 1 is 1.50 bits per heavy atom. The van der Waals surface area contributed by atoms with E-state index in [0.29, 0.717) is 19.4 Å². The Morgan fingerprint density at radius 2 is 2.15 bits per heavy atom. The van der Waals surface area contributed by atoms with Crippen LogP contribution >= 0.6 is 12.2 Å². The second kappa shape index (κ2) is 6.79. The van der Waals surface area contributed by atoms with Gasteiger partial charge in [0, 0.05) is 6.54 Å². The molecule has 0 spiro atoms. The molecule has 20 heavy (non-hydrogen) atoms. The number of thiocarbonyl (C=S) groups is 1. The van der Waals surface area contributed by atoms with Gasteiger partial charge in [-0.2, -0.15) is 0 Å². The first-order valence-electron chi connectivity index (χ1n) is 6.64. The van der Waals surface area contributed by atoms with Crippen LogP contribution in [0, 0.1) is 18.2 Å². The van der Waals surface area contributed by atoms with Crippen molar-refractivity contribution in [2.24, 2.45) is 11.1 Å². The first-order chi connectivity index (χ1) is 9.31. The number of nitrogens with one attached hydrogen (secondary N) is 1. The molecule has 0 bridgehead atoms. The molecule has 0 aromatic heterocycles. The third-order valence-electron chi connectivity index (χ3n) is 3.74. The minimum atomic E-state index is -0.812. The number of carbonyl (C=O) groups is 1. The highest BCUT2D eigenvalue weighted by Crippen LogP contribution is 2.21. The largest absolute Gasteiger partial charge is 0.392 e. The van der Waals surface area contributed by atoms with Gasteiger partial charge in [-0.05, 0) is 49.9 Å². The van der Waals surface area contributed by atoms with Crippen LogP contribution in [-0.4, -0.2) is 17.4 Å². The van der Waals surface area contributed by atoms with Gasteiger partial charge in [0.05, 0.1) is 10.4 Å². The van der Waals surface area contributed by atoms with Gasteiger partial charge >= 0.3 is 0 Å². The van der Waals surface area contributed by atoms with E-state index in [4.69, 9.17) is 18.0 Å². The van der Waals surface area contributed by atoms with Gasteiger partial charge in [0.15, 0.2) is 0 Å². The number of nitrogens with two attached hydrogens (primary N) is 1. The van der Waals surface area contributed by atoms with Crippen LogP contribution in [0.15, 0.2) is 18.2 Å². The van der Waals surface area contributed by atoms with E-state index in [1.807, 2.05) is 13.8 Å². The SMILES string of the molecule is CCC(C)(C(=O)NCCc1ccc(F)cc1C)C(N)=S. The molecule has 5 heteroatoms. The quantitative estimate of drug-likeness (QED) is 0.793. The summed E-state index contributed by atoms with van der Waals surface area (Å²) >= 11 is 4.96. The van der Waals surface area contributed by atoms with Crippen LogP contribution in [0.2, 0.25) is 0 Å². The van der Waals surface area contributed by atoms with Crippen LogP contribution in [0.5, 0.6) is 0 Å². The molecule has 0 fully saturated rings. The molecule has 1 aromatic carbocycles. The zero-order chi connectivity index (χ0) is 15.3. The Morgan fingerprint density at radius 3 is 2.65 bits per heavy atom. The fraction of sp³-hybridized carbons (Fsp3) is 0.467. The molecule has 1 amide bonds. The maximum atomic E-state index is 13.0. The molecule has 3 nitrogen and oxygen atoms in total. The average Bonchev–Trinajstić information content (AvgIpc) is 2.39. The molecular formula is C15H21FN2OS. The molecule has 110 valence electrons. The maximum absolute atomic E-state index is 13.0. The number of carbonyl (C=O) groups excluding carboxylic acids is 1. The van der Waals surface area contributed by atoms with E-state index in [2.05, 4.69) is 5.32 Å². The van der Waals surface area contributed by atoms with Gasteiger partial charge in [-0.25, -0.2) is 4.39 Å². The minimum Gasteiger partial charge on any atom is -0.392 e. The summed E-state index contributed by atoms with van der Waals surface area (Å²) in [6, 6.07) is 4.65. The molecule has 0 aliphatic carbocycles. The molecule has 1 rings (SSSR count). The molecule has 0 heterocycles. The van der Waals surface area contributed by atoms with Crippen molar-refractivity contribution in [3.05, 3.63) is 35.1 Å². The normalized spacial score (nSPS) is 13.6. The second-order valence-electron chi connectivity index (χ2n) is 5.13. The first kappa shape index (κ1) is 16.6. The molecule has 0 aliphatic rings. The topological polar surface area (TPSA) is 55.1 Å². The van der Waals surface area contributed by atoms with E-state index in [0.717, 1.165) is 11.1 Å². The standard InChI is InChI=1S/C15H21FN2OS/c1-4-15(3,13(17)20)14(19)18-8-7-11-5-6-12(16)9-10(11)2/h5-6,9H,4,7-8H2,1-3H3,(H2,17,20)(H,18,19). The van der Waals surface area contributed by atoms with Crippen LogP contribution < -0.4 is 11.1 Å². The van der Waals surface area contributed by atoms with Gasteiger partial charge in [0.2, 0.25) is 5.91 Å². The highest BCUT2D eigenvalue weighted by Gasteiger charge is 2.34. The third kappa shape index (κ3) is 3.76. The van der Waals surface area contributed by atoms with Crippen LogP contribution in [-0.2, 0) is 11.2 Å². The fourth-order valence-corrected chi connectivity index (χ4v) is 2.13. The van der Waals surface area contributed by atoms with Gasteiger partial charge < -0.3 is 11.1 Å².